The van der Waals surface area contributed by atoms with E-state index in [1.165, 1.54) is 10.9 Å². The van der Waals surface area contributed by atoms with Gasteiger partial charge in [0.2, 0.25) is 0 Å². The maximum Gasteiger partial charge on any atom is 0.274 e. The normalized spacial score (nSPS) is 18.4. The fourth-order valence-corrected chi connectivity index (χ4v) is 3.83. The highest BCUT2D eigenvalue weighted by molar-refractivity contribution is 5.92. The first-order chi connectivity index (χ1) is 13.2. The summed E-state index contributed by atoms with van der Waals surface area (Å²) >= 11 is 0. The Labute approximate surface area is 158 Å². The van der Waals surface area contributed by atoms with Crippen molar-refractivity contribution in [2.75, 3.05) is 33.2 Å². The highest BCUT2D eigenvalue weighted by atomic mass is 16.2. The summed E-state index contributed by atoms with van der Waals surface area (Å²) in [5.41, 5.74) is 1.65. The molecule has 1 atom stereocenters. The Balaban J connectivity index is 1.57. The van der Waals surface area contributed by atoms with Crippen LogP contribution < -0.4 is 0 Å². The molecule has 0 radical (unpaired) electrons. The zero-order valence-electron chi connectivity index (χ0n) is 15.5. The zero-order chi connectivity index (χ0) is 18.6. The van der Waals surface area contributed by atoms with E-state index in [1.54, 1.807) is 18.3 Å². The second-order valence-electron chi connectivity index (χ2n) is 7.21. The van der Waals surface area contributed by atoms with Gasteiger partial charge in [-0.25, -0.2) is 0 Å². The largest absolute Gasteiger partial charge is 0.336 e. The maximum atomic E-state index is 12.9. The van der Waals surface area contributed by atoms with Crippen molar-refractivity contribution in [3.63, 3.8) is 0 Å². The van der Waals surface area contributed by atoms with Crippen molar-refractivity contribution in [1.29, 1.82) is 0 Å². The molecule has 1 fully saturated rings. The average Bonchev–Trinajstić information content (AvgIpc) is 2.89. The van der Waals surface area contributed by atoms with Gasteiger partial charge in [0.25, 0.3) is 5.91 Å². The minimum Gasteiger partial charge on any atom is -0.336 e. The predicted octanol–water partition coefficient (Wildman–Crippen LogP) is 2.27. The molecular weight excluding hydrogens is 338 g/mol. The van der Waals surface area contributed by atoms with Crippen LogP contribution in [-0.2, 0) is 6.42 Å². The standard InChI is InChI=1S/C21H23N5O/c1-25-9-10-26(21(27)20-7-4-8-23-24-20)15-16(14-25)11-18-13-22-12-17-5-2-3-6-19(17)18/h2-8,12-13,16H,9-11,14-15H2,1H3/t16-/m1/s1. The van der Waals surface area contributed by atoms with Crippen LogP contribution in [-0.4, -0.2) is 64.1 Å². The molecule has 2 aromatic heterocycles. The fraction of sp³-hybridized carbons (Fsp3) is 0.333. The second-order valence-corrected chi connectivity index (χ2v) is 7.21. The lowest BCUT2D eigenvalue weighted by molar-refractivity contribution is 0.0739. The molecule has 0 spiro atoms. The first-order valence-electron chi connectivity index (χ1n) is 9.28. The monoisotopic (exact) mass is 361 g/mol. The van der Waals surface area contributed by atoms with Crippen LogP contribution in [0.2, 0.25) is 0 Å². The van der Waals surface area contributed by atoms with Crippen molar-refractivity contribution in [2.45, 2.75) is 6.42 Å². The topological polar surface area (TPSA) is 62.2 Å². The van der Waals surface area contributed by atoms with Crippen molar-refractivity contribution in [3.8, 4) is 0 Å². The lowest BCUT2D eigenvalue weighted by atomic mass is 9.96. The molecule has 0 N–H and O–H groups in total. The Morgan fingerprint density at radius 3 is 2.85 bits per heavy atom. The van der Waals surface area contributed by atoms with E-state index in [0.29, 0.717) is 24.7 Å². The van der Waals surface area contributed by atoms with Crippen LogP contribution in [0.25, 0.3) is 10.8 Å². The summed E-state index contributed by atoms with van der Waals surface area (Å²) in [6.45, 7) is 3.23. The van der Waals surface area contributed by atoms with Crippen molar-refractivity contribution < 1.29 is 4.79 Å². The molecule has 1 aromatic carbocycles. The molecule has 1 amide bonds. The van der Waals surface area contributed by atoms with Gasteiger partial charge in [-0.1, -0.05) is 24.3 Å². The SMILES string of the molecule is CN1CCN(C(=O)c2cccnn2)C[C@H](Cc2cncc3ccccc23)C1. The van der Waals surface area contributed by atoms with Crippen LogP contribution >= 0.6 is 0 Å². The summed E-state index contributed by atoms with van der Waals surface area (Å²) in [6, 6.07) is 11.8. The lowest BCUT2D eigenvalue weighted by Gasteiger charge is -2.24. The first kappa shape index (κ1) is 17.5. The van der Waals surface area contributed by atoms with Gasteiger partial charge in [-0.3, -0.25) is 9.78 Å². The molecule has 1 saturated heterocycles. The van der Waals surface area contributed by atoms with E-state index in [0.717, 1.165) is 24.9 Å². The number of hydrogen-bond acceptors (Lipinski definition) is 5. The Kier molecular flexibility index (Phi) is 5.07. The molecule has 6 heteroatoms. The minimum atomic E-state index is -0.0422. The third-order valence-corrected chi connectivity index (χ3v) is 5.14. The van der Waals surface area contributed by atoms with E-state index in [1.807, 2.05) is 23.4 Å². The number of amides is 1. The van der Waals surface area contributed by atoms with Gasteiger partial charge in [0, 0.05) is 50.2 Å². The van der Waals surface area contributed by atoms with E-state index in [9.17, 15) is 4.79 Å². The second kappa shape index (κ2) is 7.80. The summed E-state index contributed by atoms with van der Waals surface area (Å²) in [6.07, 6.45) is 6.34. The average molecular weight is 361 g/mol. The quantitative estimate of drug-likeness (QED) is 0.716. The number of likely N-dealkylation sites (N-methyl/N-ethyl adjacent to an activating group) is 1. The Hall–Kier alpha value is -2.86. The van der Waals surface area contributed by atoms with Crippen molar-refractivity contribution >= 4 is 16.7 Å². The molecule has 3 heterocycles. The van der Waals surface area contributed by atoms with Gasteiger partial charge in [0.1, 0.15) is 0 Å². The molecule has 1 aliphatic rings. The van der Waals surface area contributed by atoms with Crippen LogP contribution in [0.4, 0.5) is 0 Å². The van der Waals surface area contributed by atoms with Gasteiger partial charge in [-0.05, 0) is 42.5 Å². The molecule has 0 saturated carbocycles. The number of pyridine rings is 1. The Bertz CT molecular complexity index is 925. The number of nitrogens with zero attached hydrogens (tertiary/aromatic N) is 5. The van der Waals surface area contributed by atoms with E-state index in [4.69, 9.17) is 0 Å². The van der Waals surface area contributed by atoms with Gasteiger partial charge in [0.15, 0.2) is 5.69 Å². The predicted molar refractivity (Wildman–Crippen MR) is 104 cm³/mol. The summed E-state index contributed by atoms with van der Waals surface area (Å²) in [5.74, 6) is 0.296. The molecule has 138 valence electrons. The highest BCUT2D eigenvalue weighted by Gasteiger charge is 2.26. The van der Waals surface area contributed by atoms with Gasteiger partial charge < -0.3 is 9.80 Å². The molecule has 1 aliphatic heterocycles. The Morgan fingerprint density at radius 1 is 1.11 bits per heavy atom. The van der Waals surface area contributed by atoms with E-state index >= 15 is 0 Å². The van der Waals surface area contributed by atoms with Gasteiger partial charge in [-0.15, -0.1) is 5.10 Å². The smallest absolute Gasteiger partial charge is 0.274 e. The van der Waals surface area contributed by atoms with Crippen molar-refractivity contribution in [2.24, 2.45) is 5.92 Å². The van der Waals surface area contributed by atoms with Crippen LogP contribution in [0.15, 0.2) is 55.0 Å². The number of carbonyl (C=O) groups excluding carboxylic acids is 1. The molecular formula is C21H23N5O. The molecule has 27 heavy (non-hydrogen) atoms. The van der Waals surface area contributed by atoms with E-state index in [-0.39, 0.29) is 5.91 Å². The van der Waals surface area contributed by atoms with Crippen LogP contribution in [0, 0.1) is 5.92 Å². The molecule has 0 aliphatic carbocycles. The number of rotatable bonds is 3. The molecule has 6 nitrogen and oxygen atoms in total. The number of aromatic nitrogens is 3. The van der Waals surface area contributed by atoms with Gasteiger partial charge >= 0.3 is 0 Å². The van der Waals surface area contributed by atoms with Crippen LogP contribution in [0.5, 0.6) is 0 Å². The van der Waals surface area contributed by atoms with E-state index < -0.39 is 0 Å². The van der Waals surface area contributed by atoms with Crippen LogP contribution in [0.3, 0.4) is 0 Å². The minimum absolute atomic E-state index is 0.0422. The molecule has 4 rings (SSSR count). The highest BCUT2D eigenvalue weighted by Crippen LogP contribution is 2.22. The number of hydrogen-bond donors (Lipinski definition) is 0. The zero-order valence-corrected chi connectivity index (χ0v) is 15.5. The lowest BCUT2D eigenvalue weighted by Crippen LogP contribution is -2.37. The first-order valence-corrected chi connectivity index (χ1v) is 9.28. The van der Waals surface area contributed by atoms with Crippen molar-refractivity contribution in [1.82, 2.24) is 25.0 Å². The summed E-state index contributed by atoms with van der Waals surface area (Å²) < 4.78 is 0. The van der Waals surface area contributed by atoms with E-state index in [2.05, 4.69) is 45.3 Å². The number of benzene rings is 1. The summed E-state index contributed by atoms with van der Waals surface area (Å²) in [5, 5.41) is 10.2. The maximum absolute atomic E-state index is 12.9. The molecule has 3 aromatic rings. The third-order valence-electron chi connectivity index (χ3n) is 5.14. The van der Waals surface area contributed by atoms with Gasteiger partial charge in [-0.2, -0.15) is 5.10 Å². The molecule has 0 bridgehead atoms. The summed E-state index contributed by atoms with van der Waals surface area (Å²) in [4.78, 5) is 21.5. The summed E-state index contributed by atoms with van der Waals surface area (Å²) in [7, 11) is 2.12. The third kappa shape index (κ3) is 3.95. The molecule has 0 unspecified atom stereocenters. The Morgan fingerprint density at radius 2 is 2.00 bits per heavy atom. The van der Waals surface area contributed by atoms with Crippen LogP contribution in [0.1, 0.15) is 16.1 Å². The van der Waals surface area contributed by atoms with Gasteiger partial charge in [0.05, 0.1) is 0 Å². The van der Waals surface area contributed by atoms with Crippen molar-refractivity contribution in [3.05, 3.63) is 66.2 Å². The number of fused-ring (bicyclic) bond motifs is 1. The fourth-order valence-electron chi connectivity index (χ4n) is 3.83. The number of carbonyl (C=O) groups is 1.